The van der Waals surface area contributed by atoms with Gasteiger partial charge < -0.3 is 0 Å². The Bertz CT molecular complexity index is 133. The molecule has 1 atom stereocenters. The van der Waals surface area contributed by atoms with E-state index in [1.54, 1.807) is 0 Å². The average molecular weight is 196 g/mol. The Labute approximate surface area is 65.3 Å². The lowest BCUT2D eigenvalue weighted by Crippen LogP contribution is -2.46. The highest BCUT2D eigenvalue weighted by atomic mass is 35.5. The van der Waals surface area contributed by atoms with Gasteiger partial charge in [-0.05, 0) is 6.92 Å². The Morgan fingerprint density at radius 1 is 1.27 bits per heavy atom. The molecule has 1 radical (unpaired) electrons. The van der Waals surface area contributed by atoms with Crippen molar-refractivity contribution in [2.75, 3.05) is 0 Å². The summed E-state index contributed by atoms with van der Waals surface area (Å²) in [5, 5.41) is 0. The molecule has 0 aromatic carbocycles. The Morgan fingerprint density at radius 2 is 1.64 bits per heavy atom. The van der Waals surface area contributed by atoms with E-state index in [2.05, 4.69) is 11.6 Å². The summed E-state index contributed by atoms with van der Waals surface area (Å²) in [6, 6.07) is 0. The van der Waals surface area contributed by atoms with Gasteiger partial charge in [-0.15, -0.1) is 11.6 Å². The molecule has 0 aromatic rings. The van der Waals surface area contributed by atoms with Crippen LogP contribution in [0.5, 0.6) is 0 Å². The largest absolute Gasteiger partial charge is 0.341 e. The molecule has 67 valence electrons. The van der Waals surface area contributed by atoms with Gasteiger partial charge in [-0.2, -0.15) is 17.6 Å². The molecule has 0 N–H and O–H groups in total. The monoisotopic (exact) mass is 195 g/mol. The predicted molar refractivity (Wildman–Crippen MR) is 30.6 cm³/mol. The van der Waals surface area contributed by atoms with Crippen molar-refractivity contribution in [2.24, 2.45) is 0 Å². The summed E-state index contributed by atoms with van der Waals surface area (Å²) in [6.07, 6.45) is -2.94. The first-order valence-electron chi connectivity index (χ1n) is 2.60. The van der Waals surface area contributed by atoms with Crippen molar-refractivity contribution < 1.29 is 22.0 Å². The molecule has 0 bridgehead atoms. The Balaban J connectivity index is 4.53. The summed E-state index contributed by atoms with van der Waals surface area (Å²) in [4.78, 5) is 0. The van der Waals surface area contributed by atoms with Crippen LogP contribution in [-0.2, 0) is 0 Å². The van der Waals surface area contributed by atoms with Crippen LogP contribution in [0.1, 0.15) is 6.92 Å². The minimum atomic E-state index is -4.74. The highest BCUT2D eigenvalue weighted by Crippen LogP contribution is 2.40. The molecule has 6 heteroatoms. The summed E-state index contributed by atoms with van der Waals surface area (Å²) in [6.45, 7) is 0.342. The van der Waals surface area contributed by atoms with Crippen LogP contribution in [0.15, 0.2) is 0 Å². The molecule has 0 amide bonds. The van der Waals surface area contributed by atoms with Crippen molar-refractivity contribution in [1.29, 1.82) is 0 Å². The Hall–Kier alpha value is -0.0600. The molecule has 1 unspecified atom stereocenters. The van der Waals surface area contributed by atoms with E-state index in [1.807, 2.05) is 0 Å². The maximum absolute atomic E-state index is 12.1. The quantitative estimate of drug-likeness (QED) is 0.608. The van der Waals surface area contributed by atoms with Crippen LogP contribution in [0.4, 0.5) is 22.0 Å². The van der Waals surface area contributed by atoms with Crippen molar-refractivity contribution in [1.82, 2.24) is 0 Å². The lowest BCUT2D eigenvalue weighted by atomic mass is 10.1. The van der Waals surface area contributed by atoms with E-state index in [0.717, 1.165) is 0 Å². The maximum atomic E-state index is 12.1. The number of hydrogen-bond acceptors (Lipinski definition) is 0. The first-order valence-corrected chi connectivity index (χ1v) is 3.03. The molecular weight excluding hydrogens is 190 g/mol. The second-order valence-electron chi connectivity index (χ2n) is 1.97. The van der Waals surface area contributed by atoms with E-state index in [0.29, 0.717) is 6.92 Å². The molecule has 0 rings (SSSR count). The minimum absolute atomic E-state index is 0.342. The Morgan fingerprint density at radius 3 is 1.73 bits per heavy atom. The zero-order chi connectivity index (χ0) is 9.28. The molecule has 0 heterocycles. The number of alkyl halides is 5. The van der Waals surface area contributed by atoms with Crippen molar-refractivity contribution in [2.45, 2.75) is 24.9 Å². The summed E-state index contributed by atoms with van der Waals surface area (Å²) < 4.78 is 60.0. The van der Waals surface area contributed by atoms with E-state index in [-0.39, 0.29) is 0 Å². The standard InChI is InChI=1S/C5H5ClF5/c1-3(7)5(10,11)4(8,9)2-6/h2-3H,1H3. The van der Waals surface area contributed by atoms with Gasteiger partial charge in [-0.3, -0.25) is 0 Å². The van der Waals surface area contributed by atoms with E-state index in [9.17, 15) is 22.0 Å². The van der Waals surface area contributed by atoms with E-state index < -0.39 is 23.9 Å². The lowest BCUT2D eigenvalue weighted by Gasteiger charge is -2.25. The second-order valence-corrected chi connectivity index (χ2v) is 2.19. The molecule has 0 aliphatic heterocycles. The normalized spacial score (nSPS) is 16.6. The van der Waals surface area contributed by atoms with Crippen LogP contribution in [-0.4, -0.2) is 18.0 Å². The van der Waals surface area contributed by atoms with Crippen molar-refractivity contribution in [3.8, 4) is 0 Å². The minimum Gasteiger partial charge on any atom is -0.241 e. The third-order valence-corrected chi connectivity index (χ3v) is 1.36. The van der Waals surface area contributed by atoms with Crippen LogP contribution in [0.3, 0.4) is 0 Å². The van der Waals surface area contributed by atoms with Crippen molar-refractivity contribution in [3.05, 3.63) is 5.88 Å². The molecule has 0 aliphatic carbocycles. The van der Waals surface area contributed by atoms with Gasteiger partial charge in [0.25, 0.3) is 0 Å². The molecule has 0 saturated heterocycles. The van der Waals surface area contributed by atoms with Crippen LogP contribution in [0.25, 0.3) is 0 Å². The van der Waals surface area contributed by atoms with Gasteiger partial charge in [0.05, 0.1) is 0 Å². The number of halogens is 6. The second kappa shape index (κ2) is 3.13. The van der Waals surface area contributed by atoms with Gasteiger partial charge in [0.1, 0.15) is 5.88 Å². The zero-order valence-corrected chi connectivity index (χ0v) is 6.18. The van der Waals surface area contributed by atoms with Gasteiger partial charge in [0.2, 0.25) is 0 Å². The molecule has 0 aliphatic rings. The highest BCUT2D eigenvalue weighted by molar-refractivity contribution is 6.23. The molecule has 0 saturated carbocycles. The van der Waals surface area contributed by atoms with Crippen LogP contribution in [0, 0.1) is 5.88 Å². The zero-order valence-electron chi connectivity index (χ0n) is 5.42. The maximum Gasteiger partial charge on any atom is 0.341 e. The topological polar surface area (TPSA) is 0 Å². The molecule has 0 fully saturated rings. The van der Waals surface area contributed by atoms with E-state index in [4.69, 9.17) is 0 Å². The number of rotatable bonds is 3. The summed E-state index contributed by atoms with van der Waals surface area (Å²) >= 11 is 4.40. The smallest absolute Gasteiger partial charge is 0.241 e. The fraction of sp³-hybridized carbons (Fsp3) is 0.800. The fourth-order valence-electron chi connectivity index (χ4n) is 0.338. The Kier molecular flexibility index (Phi) is 3.11. The van der Waals surface area contributed by atoms with Crippen molar-refractivity contribution in [3.63, 3.8) is 0 Å². The van der Waals surface area contributed by atoms with Gasteiger partial charge in [-0.1, -0.05) is 0 Å². The van der Waals surface area contributed by atoms with Crippen LogP contribution < -0.4 is 0 Å². The molecule has 11 heavy (non-hydrogen) atoms. The highest BCUT2D eigenvalue weighted by Gasteiger charge is 2.60. The lowest BCUT2D eigenvalue weighted by molar-refractivity contribution is -0.214. The van der Waals surface area contributed by atoms with Crippen LogP contribution in [0.2, 0.25) is 0 Å². The van der Waals surface area contributed by atoms with Crippen LogP contribution >= 0.6 is 11.6 Å². The molecule has 0 nitrogen and oxygen atoms in total. The SMILES string of the molecule is CC(F)C(F)(F)C(F)(F)[CH]Cl. The van der Waals surface area contributed by atoms with Crippen molar-refractivity contribution >= 4 is 11.6 Å². The van der Waals surface area contributed by atoms with Gasteiger partial charge in [0.15, 0.2) is 6.17 Å². The van der Waals surface area contributed by atoms with E-state index >= 15 is 0 Å². The fourth-order valence-corrected chi connectivity index (χ4v) is 0.483. The summed E-state index contributed by atoms with van der Waals surface area (Å²) in [5.41, 5.74) is 0. The molecular formula is C5H5ClF5. The van der Waals surface area contributed by atoms with Gasteiger partial charge >= 0.3 is 11.8 Å². The summed E-state index contributed by atoms with van der Waals surface area (Å²) in [5.74, 6) is -9.89. The first kappa shape index (κ1) is 10.9. The van der Waals surface area contributed by atoms with Gasteiger partial charge in [0, 0.05) is 0 Å². The van der Waals surface area contributed by atoms with Gasteiger partial charge in [-0.25, -0.2) is 4.39 Å². The first-order chi connectivity index (χ1) is 4.75. The average Bonchev–Trinajstić information content (AvgIpc) is 1.87. The number of hydrogen-bond donors (Lipinski definition) is 0. The third kappa shape index (κ3) is 1.95. The summed E-state index contributed by atoms with van der Waals surface area (Å²) in [7, 11) is 0. The molecule has 0 aromatic heterocycles. The predicted octanol–water partition coefficient (Wildman–Crippen LogP) is 3.02. The van der Waals surface area contributed by atoms with E-state index in [1.165, 1.54) is 0 Å². The molecule has 0 spiro atoms. The third-order valence-electron chi connectivity index (χ3n) is 1.08.